The standard InChI is InChI=1S/C22H23NO3/c1-25-20-10-8-18(23-17-7-9-19(24)13-17)14-21(20)26-15-22(11-12-22)16-5-3-2-4-6-16/h2-6,8,10,13-14,23H,7,9,11-12,15H2,1H3. The average molecular weight is 349 g/mol. The van der Waals surface area contributed by atoms with Gasteiger partial charge in [0.1, 0.15) is 0 Å². The van der Waals surface area contributed by atoms with Gasteiger partial charge < -0.3 is 14.8 Å². The molecular weight excluding hydrogens is 326 g/mol. The first kappa shape index (κ1) is 16.7. The molecular formula is C22H23NO3. The Hall–Kier alpha value is -2.75. The van der Waals surface area contributed by atoms with Crippen LogP contribution in [0.4, 0.5) is 5.69 Å². The van der Waals surface area contributed by atoms with Crippen molar-refractivity contribution in [2.45, 2.75) is 31.1 Å². The van der Waals surface area contributed by atoms with Gasteiger partial charge in [0.15, 0.2) is 17.3 Å². The molecule has 2 aromatic carbocycles. The van der Waals surface area contributed by atoms with E-state index in [0.717, 1.165) is 42.1 Å². The fourth-order valence-electron chi connectivity index (χ4n) is 3.42. The largest absolute Gasteiger partial charge is 0.493 e. The van der Waals surface area contributed by atoms with Crippen molar-refractivity contribution in [3.05, 3.63) is 65.9 Å². The normalized spacial score (nSPS) is 17.6. The third-order valence-electron chi connectivity index (χ3n) is 5.19. The van der Waals surface area contributed by atoms with Crippen molar-refractivity contribution in [2.75, 3.05) is 19.0 Å². The van der Waals surface area contributed by atoms with Crippen molar-refractivity contribution in [3.63, 3.8) is 0 Å². The molecule has 0 amide bonds. The number of ketones is 1. The lowest BCUT2D eigenvalue weighted by molar-refractivity contribution is -0.114. The number of hydrogen-bond donors (Lipinski definition) is 1. The van der Waals surface area contributed by atoms with Gasteiger partial charge in [0.25, 0.3) is 0 Å². The van der Waals surface area contributed by atoms with Gasteiger partial charge in [-0.05, 0) is 37.0 Å². The molecule has 0 aromatic heterocycles. The summed E-state index contributed by atoms with van der Waals surface area (Å²) in [5, 5.41) is 3.31. The predicted molar refractivity (Wildman–Crippen MR) is 102 cm³/mol. The van der Waals surface area contributed by atoms with E-state index >= 15 is 0 Å². The number of ether oxygens (including phenoxy) is 2. The molecule has 0 radical (unpaired) electrons. The minimum atomic E-state index is 0.121. The molecule has 1 fully saturated rings. The molecule has 0 spiro atoms. The Morgan fingerprint density at radius 1 is 1.04 bits per heavy atom. The SMILES string of the molecule is COc1ccc(NC2=CC(=O)CC2)cc1OCC1(c2ccccc2)CC1. The molecule has 4 nitrogen and oxygen atoms in total. The number of anilines is 1. The monoisotopic (exact) mass is 349 g/mol. The number of benzene rings is 2. The van der Waals surface area contributed by atoms with Crippen molar-refractivity contribution < 1.29 is 14.3 Å². The van der Waals surface area contributed by atoms with Gasteiger partial charge in [-0.3, -0.25) is 4.79 Å². The fraction of sp³-hybridized carbons (Fsp3) is 0.318. The van der Waals surface area contributed by atoms with Crippen molar-refractivity contribution in [2.24, 2.45) is 0 Å². The van der Waals surface area contributed by atoms with Crippen LogP contribution >= 0.6 is 0 Å². The summed E-state index contributed by atoms with van der Waals surface area (Å²) in [7, 11) is 1.65. The van der Waals surface area contributed by atoms with E-state index in [4.69, 9.17) is 9.47 Å². The van der Waals surface area contributed by atoms with Crippen molar-refractivity contribution in [1.29, 1.82) is 0 Å². The van der Waals surface area contributed by atoms with Crippen LogP contribution in [0.1, 0.15) is 31.2 Å². The van der Waals surface area contributed by atoms with Crippen LogP contribution in [-0.2, 0) is 10.2 Å². The quantitative estimate of drug-likeness (QED) is 0.801. The first-order chi connectivity index (χ1) is 12.7. The zero-order chi connectivity index (χ0) is 18.0. The third-order valence-corrected chi connectivity index (χ3v) is 5.19. The third kappa shape index (κ3) is 3.45. The lowest BCUT2D eigenvalue weighted by Crippen LogP contribution is -2.17. The summed E-state index contributed by atoms with van der Waals surface area (Å²) in [6, 6.07) is 16.3. The van der Waals surface area contributed by atoms with Crippen LogP contribution in [0.5, 0.6) is 11.5 Å². The number of carbonyl (C=O) groups is 1. The minimum absolute atomic E-state index is 0.121. The maximum atomic E-state index is 11.4. The van der Waals surface area contributed by atoms with E-state index in [-0.39, 0.29) is 11.2 Å². The minimum Gasteiger partial charge on any atom is -0.493 e. The van der Waals surface area contributed by atoms with Crippen LogP contribution in [0.3, 0.4) is 0 Å². The zero-order valence-electron chi connectivity index (χ0n) is 15.0. The molecule has 2 aromatic rings. The predicted octanol–water partition coefficient (Wildman–Crippen LogP) is 4.46. The van der Waals surface area contributed by atoms with Gasteiger partial charge in [0.2, 0.25) is 0 Å². The van der Waals surface area contributed by atoms with E-state index in [0.29, 0.717) is 13.0 Å². The van der Waals surface area contributed by atoms with Gasteiger partial charge in [-0.25, -0.2) is 0 Å². The van der Waals surface area contributed by atoms with E-state index < -0.39 is 0 Å². The molecule has 26 heavy (non-hydrogen) atoms. The summed E-state index contributed by atoms with van der Waals surface area (Å²) in [6.45, 7) is 0.637. The van der Waals surface area contributed by atoms with E-state index in [2.05, 4.69) is 29.6 Å². The van der Waals surface area contributed by atoms with Crippen LogP contribution < -0.4 is 14.8 Å². The summed E-state index contributed by atoms with van der Waals surface area (Å²) in [6.07, 6.45) is 5.32. The molecule has 0 unspecified atom stereocenters. The first-order valence-electron chi connectivity index (χ1n) is 9.05. The summed E-state index contributed by atoms with van der Waals surface area (Å²) in [4.78, 5) is 11.4. The second kappa shape index (κ2) is 6.87. The van der Waals surface area contributed by atoms with E-state index in [9.17, 15) is 4.79 Å². The maximum Gasteiger partial charge on any atom is 0.163 e. The summed E-state index contributed by atoms with van der Waals surface area (Å²) >= 11 is 0. The number of methoxy groups -OCH3 is 1. The Kier molecular flexibility index (Phi) is 4.41. The number of rotatable bonds is 7. The van der Waals surface area contributed by atoms with Gasteiger partial charge in [-0.15, -0.1) is 0 Å². The molecule has 4 heteroatoms. The molecule has 0 heterocycles. The summed E-state index contributed by atoms with van der Waals surface area (Å²) in [5.41, 5.74) is 3.32. The number of hydrogen-bond acceptors (Lipinski definition) is 4. The maximum absolute atomic E-state index is 11.4. The van der Waals surface area contributed by atoms with Gasteiger partial charge in [0.05, 0.1) is 13.7 Å². The average Bonchev–Trinajstić information content (AvgIpc) is 3.36. The van der Waals surface area contributed by atoms with Crippen LogP contribution in [0, 0.1) is 0 Å². The summed E-state index contributed by atoms with van der Waals surface area (Å²) < 4.78 is 11.6. The highest BCUT2D eigenvalue weighted by molar-refractivity contribution is 5.93. The Morgan fingerprint density at radius 3 is 2.50 bits per heavy atom. The Labute approximate surface area is 153 Å². The molecule has 1 saturated carbocycles. The molecule has 0 aliphatic heterocycles. The fourth-order valence-corrected chi connectivity index (χ4v) is 3.42. The molecule has 134 valence electrons. The van der Waals surface area contributed by atoms with E-state index in [1.54, 1.807) is 13.2 Å². The lowest BCUT2D eigenvalue weighted by Gasteiger charge is -2.19. The topological polar surface area (TPSA) is 47.6 Å². The number of allylic oxidation sites excluding steroid dienone is 2. The van der Waals surface area contributed by atoms with Gasteiger partial charge in [-0.1, -0.05) is 30.3 Å². The molecule has 0 saturated heterocycles. The van der Waals surface area contributed by atoms with Crippen LogP contribution in [0.2, 0.25) is 0 Å². The van der Waals surface area contributed by atoms with Crippen molar-refractivity contribution in [3.8, 4) is 11.5 Å². The van der Waals surface area contributed by atoms with Crippen molar-refractivity contribution in [1.82, 2.24) is 0 Å². The highest BCUT2D eigenvalue weighted by Crippen LogP contribution is 2.48. The summed E-state index contributed by atoms with van der Waals surface area (Å²) in [5.74, 6) is 1.62. The lowest BCUT2D eigenvalue weighted by atomic mass is 9.97. The Morgan fingerprint density at radius 2 is 1.85 bits per heavy atom. The van der Waals surface area contributed by atoms with Gasteiger partial charge in [0, 0.05) is 35.4 Å². The molecule has 2 aliphatic rings. The highest BCUT2D eigenvalue weighted by atomic mass is 16.5. The Balaban J connectivity index is 1.49. The molecule has 1 N–H and O–H groups in total. The number of nitrogens with one attached hydrogen (secondary N) is 1. The van der Waals surface area contributed by atoms with Crippen molar-refractivity contribution >= 4 is 11.5 Å². The van der Waals surface area contributed by atoms with Crippen LogP contribution in [0.15, 0.2) is 60.3 Å². The highest BCUT2D eigenvalue weighted by Gasteiger charge is 2.45. The first-order valence-corrected chi connectivity index (χ1v) is 9.05. The van der Waals surface area contributed by atoms with Gasteiger partial charge >= 0.3 is 0 Å². The van der Waals surface area contributed by atoms with E-state index in [1.165, 1.54) is 5.56 Å². The Bertz CT molecular complexity index is 838. The number of carbonyl (C=O) groups excluding carboxylic acids is 1. The molecule has 2 aliphatic carbocycles. The zero-order valence-corrected chi connectivity index (χ0v) is 15.0. The van der Waals surface area contributed by atoms with Crippen LogP contribution in [0.25, 0.3) is 0 Å². The van der Waals surface area contributed by atoms with Gasteiger partial charge in [-0.2, -0.15) is 0 Å². The van der Waals surface area contributed by atoms with E-state index in [1.807, 2.05) is 24.3 Å². The molecule has 0 atom stereocenters. The second-order valence-corrected chi connectivity index (χ2v) is 7.06. The van der Waals surface area contributed by atoms with Crippen LogP contribution in [-0.4, -0.2) is 19.5 Å². The molecule has 4 rings (SSSR count). The second-order valence-electron chi connectivity index (χ2n) is 7.06. The smallest absolute Gasteiger partial charge is 0.163 e. The molecule has 0 bridgehead atoms.